The van der Waals surface area contributed by atoms with E-state index >= 15 is 0 Å². The van der Waals surface area contributed by atoms with Gasteiger partial charge in [0.15, 0.2) is 0 Å². The summed E-state index contributed by atoms with van der Waals surface area (Å²) in [5.41, 5.74) is 1.35. The van der Waals surface area contributed by atoms with E-state index in [-0.39, 0.29) is 0 Å². The number of methoxy groups -OCH3 is 1. The van der Waals surface area contributed by atoms with Crippen LogP contribution in [0, 0.1) is 5.92 Å². The Bertz CT molecular complexity index is 337. The molecule has 0 aliphatic carbocycles. The van der Waals surface area contributed by atoms with Gasteiger partial charge in [0.2, 0.25) is 0 Å². The minimum atomic E-state index is 0.591. The van der Waals surface area contributed by atoms with Gasteiger partial charge in [0.25, 0.3) is 0 Å². The van der Waals surface area contributed by atoms with E-state index in [1.54, 1.807) is 7.11 Å². The predicted molar refractivity (Wildman–Crippen MR) is 76.6 cm³/mol. The van der Waals surface area contributed by atoms with Crippen LogP contribution in [0.25, 0.3) is 0 Å². The van der Waals surface area contributed by atoms with E-state index in [2.05, 4.69) is 57.8 Å². The van der Waals surface area contributed by atoms with E-state index in [0.29, 0.717) is 10.7 Å². The third-order valence-electron chi connectivity index (χ3n) is 2.65. The number of halogens is 2. The highest BCUT2D eigenvalue weighted by molar-refractivity contribution is 9.10. The SMILES string of the molecule is COc1ccc(CCC(Br)C(C)C)cc1Br. The van der Waals surface area contributed by atoms with Crippen LogP contribution in [0.15, 0.2) is 22.7 Å². The molecule has 0 radical (unpaired) electrons. The third kappa shape index (κ3) is 4.10. The van der Waals surface area contributed by atoms with Crippen LogP contribution in [-0.2, 0) is 6.42 Å². The highest BCUT2D eigenvalue weighted by atomic mass is 79.9. The first kappa shape index (κ1) is 14.0. The molecule has 1 aromatic carbocycles. The molecule has 0 aliphatic heterocycles. The van der Waals surface area contributed by atoms with Crippen molar-refractivity contribution >= 4 is 31.9 Å². The quantitative estimate of drug-likeness (QED) is 0.693. The van der Waals surface area contributed by atoms with E-state index in [9.17, 15) is 0 Å². The molecule has 3 heteroatoms. The summed E-state index contributed by atoms with van der Waals surface area (Å²) >= 11 is 7.22. The number of rotatable bonds is 5. The fraction of sp³-hybridized carbons (Fsp3) is 0.538. The number of benzene rings is 1. The molecule has 0 aromatic heterocycles. The van der Waals surface area contributed by atoms with Gasteiger partial charge in [0, 0.05) is 4.83 Å². The molecule has 90 valence electrons. The average Bonchev–Trinajstić information content (AvgIpc) is 2.25. The standard InChI is InChI=1S/C13H18Br2O/c1-9(2)11(14)6-4-10-5-7-13(16-3)12(15)8-10/h5,7-9,11H,4,6H2,1-3H3. The van der Waals surface area contributed by atoms with E-state index in [1.165, 1.54) is 5.56 Å². The van der Waals surface area contributed by atoms with Crippen molar-refractivity contribution in [2.75, 3.05) is 7.11 Å². The van der Waals surface area contributed by atoms with Gasteiger partial charge in [0.1, 0.15) is 5.75 Å². The first-order chi connectivity index (χ1) is 7.54. The average molecular weight is 350 g/mol. The summed E-state index contributed by atoms with van der Waals surface area (Å²) in [6.45, 7) is 4.48. The predicted octanol–water partition coefficient (Wildman–Crippen LogP) is 4.81. The van der Waals surface area contributed by atoms with Crippen molar-refractivity contribution in [2.24, 2.45) is 5.92 Å². The molecule has 1 nitrogen and oxygen atoms in total. The second-order valence-electron chi connectivity index (χ2n) is 4.27. The zero-order chi connectivity index (χ0) is 12.1. The van der Waals surface area contributed by atoms with Crippen molar-refractivity contribution in [2.45, 2.75) is 31.5 Å². The van der Waals surface area contributed by atoms with Crippen LogP contribution in [-0.4, -0.2) is 11.9 Å². The minimum absolute atomic E-state index is 0.591. The Hall–Kier alpha value is -0.0200. The topological polar surface area (TPSA) is 9.23 Å². The van der Waals surface area contributed by atoms with Gasteiger partial charge in [-0.1, -0.05) is 35.8 Å². The van der Waals surface area contributed by atoms with Crippen molar-refractivity contribution in [3.8, 4) is 5.75 Å². The van der Waals surface area contributed by atoms with Crippen LogP contribution in [0.3, 0.4) is 0 Å². The summed E-state index contributed by atoms with van der Waals surface area (Å²) in [4.78, 5) is 0.591. The number of hydrogen-bond acceptors (Lipinski definition) is 1. The number of aryl methyl sites for hydroxylation is 1. The van der Waals surface area contributed by atoms with Gasteiger partial charge < -0.3 is 4.74 Å². The van der Waals surface area contributed by atoms with Crippen molar-refractivity contribution in [3.63, 3.8) is 0 Å². The van der Waals surface area contributed by atoms with Crippen LogP contribution in [0.2, 0.25) is 0 Å². The van der Waals surface area contributed by atoms with Gasteiger partial charge in [-0.15, -0.1) is 0 Å². The Morgan fingerprint density at radius 3 is 2.50 bits per heavy atom. The van der Waals surface area contributed by atoms with Gasteiger partial charge in [-0.3, -0.25) is 0 Å². The van der Waals surface area contributed by atoms with Crippen molar-refractivity contribution < 1.29 is 4.74 Å². The molecule has 1 aromatic rings. The summed E-state index contributed by atoms with van der Waals surface area (Å²) in [5, 5.41) is 0. The molecular formula is C13H18Br2O. The lowest BCUT2D eigenvalue weighted by Crippen LogP contribution is -2.08. The number of hydrogen-bond donors (Lipinski definition) is 0. The van der Waals surface area contributed by atoms with E-state index in [0.717, 1.165) is 23.1 Å². The lowest BCUT2D eigenvalue weighted by molar-refractivity contribution is 0.412. The van der Waals surface area contributed by atoms with Crippen molar-refractivity contribution in [1.82, 2.24) is 0 Å². The monoisotopic (exact) mass is 348 g/mol. The van der Waals surface area contributed by atoms with Gasteiger partial charge in [-0.05, 0) is 52.4 Å². The molecule has 16 heavy (non-hydrogen) atoms. The van der Waals surface area contributed by atoms with E-state index in [4.69, 9.17) is 4.74 Å². The first-order valence-electron chi connectivity index (χ1n) is 5.51. The molecule has 0 heterocycles. The van der Waals surface area contributed by atoms with Crippen LogP contribution < -0.4 is 4.74 Å². The lowest BCUT2D eigenvalue weighted by Gasteiger charge is -2.13. The van der Waals surface area contributed by atoms with E-state index in [1.807, 2.05) is 6.07 Å². The largest absolute Gasteiger partial charge is 0.496 e. The molecule has 1 rings (SSSR count). The Balaban J connectivity index is 2.58. The second kappa shape index (κ2) is 6.65. The fourth-order valence-corrected chi connectivity index (χ4v) is 2.32. The Morgan fingerprint density at radius 1 is 1.31 bits per heavy atom. The van der Waals surface area contributed by atoms with Crippen LogP contribution >= 0.6 is 31.9 Å². The zero-order valence-corrected chi connectivity index (χ0v) is 13.1. The molecular weight excluding hydrogens is 332 g/mol. The van der Waals surface area contributed by atoms with Crippen molar-refractivity contribution in [3.05, 3.63) is 28.2 Å². The maximum atomic E-state index is 5.21. The van der Waals surface area contributed by atoms with E-state index < -0.39 is 0 Å². The van der Waals surface area contributed by atoms with Gasteiger partial charge in [-0.25, -0.2) is 0 Å². The zero-order valence-electron chi connectivity index (χ0n) is 9.97. The Kier molecular flexibility index (Phi) is 5.84. The minimum Gasteiger partial charge on any atom is -0.496 e. The van der Waals surface area contributed by atoms with Crippen LogP contribution in [0.1, 0.15) is 25.8 Å². The highest BCUT2D eigenvalue weighted by Crippen LogP contribution is 2.27. The first-order valence-corrected chi connectivity index (χ1v) is 7.22. The summed E-state index contributed by atoms with van der Waals surface area (Å²) in [5.74, 6) is 1.57. The molecule has 0 fully saturated rings. The molecule has 1 unspecified atom stereocenters. The smallest absolute Gasteiger partial charge is 0.133 e. The molecule has 0 amide bonds. The Morgan fingerprint density at radius 2 is 2.00 bits per heavy atom. The Labute approximate surface area is 115 Å². The normalized spacial score (nSPS) is 12.9. The molecule has 0 saturated heterocycles. The van der Waals surface area contributed by atoms with Crippen LogP contribution in [0.5, 0.6) is 5.75 Å². The molecule has 1 atom stereocenters. The lowest BCUT2D eigenvalue weighted by atomic mass is 10.0. The molecule has 0 saturated carbocycles. The maximum absolute atomic E-state index is 5.21. The van der Waals surface area contributed by atoms with Crippen LogP contribution in [0.4, 0.5) is 0 Å². The van der Waals surface area contributed by atoms with Gasteiger partial charge in [-0.2, -0.15) is 0 Å². The summed E-state index contributed by atoms with van der Waals surface area (Å²) < 4.78 is 6.24. The number of ether oxygens (including phenoxy) is 1. The molecule has 0 spiro atoms. The molecule has 0 N–H and O–H groups in total. The maximum Gasteiger partial charge on any atom is 0.133 e. The summed E-state index contributed by atoms with van der Waals surface area (Å²) in [6, 6.07) is 6.28. The van der Waals surface area contributed by atoms with Gasteiger partial charge >= 0.3 is 0 Å². The van der Waals surface area contributed by atoms with Crippen molar-refractivity contribution in [1.29, 1.82) is 0 Å². The molecule has 0 aliphatic rings. The third-order valence-corrected chi connectivity index (χ3v) is 4.78. The second-order valence-corrected chi connectivity index (χ2v) is 6.30. The highest BCUT2D eigenvalue weighted by Gasteiger charge is 2.09. The van der Waals surface area contributed by atoms with Gasteiger partial charge in [0.05, 0.1) is 11.6 Å². The molecule has 0 bridgehead atoms. The number of alkyl halides is 1. The summed E-state index contributed by atoms with van der Waals surface area (Å²) in [7, 11) is 1.69. The fourth-order valence-electron chi connectivity index (χ4n) is 1.50. The summed E-state index contributed by atoms with van der Waals surface area (Å²) in [6.07, 6.45) is 2.26.